The molecule has 3 rings (SSSR count). The van der Waals surface area contributed by atoms with Gasteiger partial charge in [0.15, 0.2) is 0 Å². The maximum Gasteiger partial charge on any atom is 0.407 e. The number of benzene rings is 2. The molecule has 1 aromatic heterocycles. The number of rotatable bonds is 4. The highest BCUT2D eigenvalue weighted by Gasteiger charge is 2.16. The third-order valence-corrected chi connectivity index (χ3v) is 3.75. The van der Waals surface area contributed by atoms with Gasteiger partial charge in [0.1, 0.15) is 5.60 Å². The lowest BCUT2D eigenvalue weighted by Crippen LogP contribution is -2.32. The average Bonchev–Trinajstić information content (AvgIpc) is 3.09. The number of amides is 1. The second kappa shape index (κ2) is 7.61. The number of aryl methyl sites for hydroxylation is 1. The van der Waals surface area contributed by atoms with Crippen LogP contribution >= 0.6 is 0 Å². The van der Waals surface area contributed by atoms with E-state index in [1.807, 2.05) is 76.2 Å². The lowest BCUT2D eigenvalue weighted by atomic mass is 10.1. The lowest BCUT2D eigenvalue weighted by Gasteiger charge is -2.19. The van der Waals surface area contributed by atoms with Crippen molar-refractivity contribution in [1.29, 1.82) is 0 Å². The van der Waals surface area contributed by atoms with Gasteiger partial charge in [-0.1, -0.05) is 47.1 Å². The fraction of sp³-hybridized carbons (Fsp3) is 0.286. The quantitative estimate of drug-likeness (QED) is 0.723. The van der Waals surface area contributed by atoms with Gasteiger partial charge in [-0.2, -0.15) is 4.98 Å². The molecule has 0 atom stereocenters. The Balaban J connectivity index is 1.70. The first-order valence-corrected chi connectivity index (χ1v) is 8.77. The molecule has 6 heteroatoms. The highest BCUT2D eigenvalue weighted by molar-refractivity contribution is 5.68. The van der Waals surface area contributed by atoms with Crippen molar-refractivity contribution in [3.05, 3.63) is 59.7 Å². The molecule has 0 radical (unpaired) electrons. The zero-order valence-corrected chi connectivity index (χ0v) is 15.9. The summed E-state index contributed by atoms with van der Waals surface area (Å²) in [5, 5.41) is 6.80. The van der Waals surface area contributed by atoms with Crippen LogP contribution in [0.4, 0.5) is 4.79 Å². The summed E-state index contributed by atoms with van der Waals surface area (Å²) in [5.41, 5.74) is 3.26. The van der Waals surface area contributed by atoms with Crippen LogP contribution < -0.4 is 5.32 Å². The Bertz CT molecular complexity index is 924. The highest BCUT2D eigenvalue weighted by Crippen LogP contribution is 2.23. The maximum absolute atomic E-state index is 11.8. The van der Waals surface area contributed by atoms with Crippen LogP contribution in [-0.4, -0.2) is 21.8 Å². The molecule has 6 nitrogen and oxygen atoms in total. The average molecular weight is 365 g/mol. The molecule has 0 aliphatic rings. The number of hydrogen-bond acceptors (Lipinski definition) is 5. The molecule has 0 saturated heterocycles. The molecular weight excluding hydrogens is 342 g/mol. The molecule has 0 unspecified atom stereocenters. The van der Waals surface area contributed by atoms with Gasteiger partial charge in [0.2, 0.25) is 5.82 Å². The summed E-state index contributed by atoms with van der Waals surface area (Å²) in [6.45, 7) is 7.86. The molecule has 0 spiro atoms. The van der Waals surface area contributed by atoms with Gasteiger partial charge < -0.3 is 14.6 Å². The summed E-state index contributed by atoms with van der Waals surface area (Å²) < 4.78 is 10.7. The molecule has 0 aliphatic carbocycles. The first-order chi connectivity index (χ1) is 12.8. The number of carbonyl (C=O) groups is 1. The largest absolute Gasteiger partial charge is 0.444 e. The predicted octanol–water partition coefficient (Wildman–Crippen LogP) is 4.74. The molecule has 140 valence electrons. The van der Waals surface area contributed by atoms with Crippen molar-refractivity contribution in [3.63, 3.8) is 0 Å². The topological polar surface area (TPSA) is 77.2 Å². The minimum atomic E-state index is -0.526. The van der Waals surface area contributed by atoms with Crippen LogP contribution in [0.25, 0.3) is 22.8 Å². The van der Waals surface area contributed by atoms with Crippen molar-refractivity contribution in [2.75, 3.05) is 0 Å². The monoisotopic (exact) mass is 365 g/mol. The Morgan fingerprint density at radius 2 is 1.85 bits per heavy atom. The fourth-order valence-electron chi connectivity index (χ4n) is 2.46. The smallest absolute Gasteiger partial charge is 0.407 e. The van der Waals surface area contributed by atoms with Crippen LogP contribution in [0.1, 0.15) is 31.9 Å². The molecule has 3 aromatic rings. The summed E-state index contributed by atoms with van der Waals surface area (Å²) >= 11 is 0. The molecule has 0 fully saturated rings. The van der Waals surface area contributed by atoms with Crippen molar-refractivity contribution < 1.29 is 14.1 Å². The van der Waals surface area contributed by atoms with Crippen LogP contribution in [0, 0.1) is 6.92 Å². The summed E-state index contributed by atoms with van der Waals surface area (Å²) in [4.78, 5) is 16.3. The summed E-state index contributed by atoms with van der Waals surface area (Å²) in [5.74, 6) is 0.979. The van der Waals surface area contributed by atoms with Gasteiger partial charge in [0.05, 0.1) is 0 Å². The van der Waals surface area contributed by atoms with Crippen molar-refractivity contribution in [1.82, 2.24) is 15.5 Å². The van der Waals surface area contributed by atoms with Gasteiger partial charge >= 0.3 is 6.09 Å². The summed E-state index contributed by atoms with van der Waals surface area (Å²) in [6, 6.07) is 15.5. The normalized spacial score (nSPS) is 11.3. The lowest BCUT2D eigenvalue weighted by molar-refractivity contribution is 0.0523. The molecule has 0 aliphatic heterocycles. The van der Waals surface area contributed by atoms with E-state index in [1.54, 1.807) is 0 Å². The fourth-order valence-corrected chi connectivity index (χ4v) is 2.46. The number of nitrogens with zero attached hydrogens (tertiary/aromatic N) is 2. The van der Waals surface area contributed by atoms with Crippen molar-refractivity contribution >= 4 is 6.09 Å². The van der Waals surface area contributed by atoms with E-state index in [-0.39, 0.29) is 0 Å². The van der Waals surface area contributed by atoms with E-state index in [4.69, 9.17) is 9.26 Å². The Morgan fingerprint density at radius 1 is 1.11 bits per heavy atom. The molecule has 0 bridgehead atoms. The minimum Gasteiger partial charge on any atom is -0.444 e. The molecule has 2 aromatic carbocycles. The predicted molar refractivity (Wildman–Crippen MR) is 103 cm³/mol. The van der Waals surface area contributed by atoms with Gasteiger partial charge in [-0.05, 0) is 45.4 Å². The van der Waals surface area contributed by atoms with Crippen LogP contribution in [0.15, 0.2) is 53.1 Å². The van der Waals surface area contributed by atoms with Crippen LogP contribution in [0.2, 0.25) is 0 Å². The van der Waals surface area contributed by atoms with Crippen LogP contribution in [-0.2, 0) is 11.3 Å². The highest BCUT2D eigenvalue weighted by atomic mass is 16.6. The second-order valence-corrected chi connectivity index (χ2v) is 7.34. The zero-order chi connectivity index (χ0) is 19.4. The molecule has 1 heterocycles. The van der Waals surface area contributed by atoms with Crippen molar-refractivity contribution in [2.45, 2.75) is 39.8 Å². The van der Waals surface area contributed by atoms with E-state index in [0.29, 0.717) is 18.3 Å². The third kappa shape index (κ3) is 5.17. The van der Waals surface area contributed by atoms with E-state index in [2.05, 4.69) is 15.5 Å². The van der Waals surface area contributed by atoms with E-state index < -0.39 is 11.7 Å². The Hall–Kier alpha value is -3.15. The second-order valence-electron chi connectivity index (χ2n) is 7.34. The maximum atomic E-state index is 11.8. The number of hydrogen-bond donors (Lipinski definition) is 1. The third-order valence-electron chi connectivity index (χ3n) is 3.75. The van der Waals surface area contributed by atoms with E-state index >= 15 is 0 Å². The number of aromatic nitrogens is 2. The first-order valence-electron chi connectivity index (χ1n) is 8.77. The Morgan fingerprint density at radius 3 is 2.56 bits per heavy atom. The number of carbonyl (C=O) groups excluding carboxylic acids is 1. The number of ether oxygens (including phenoxy) is 1. The number of alkyl carbamates (subject to hydrolysis) is 1. The molecular formula is C21H23N3O3. The van der Waals surface area contributed by atoms with Gasteiger partial charge in [-0.15, -0.1) is 0 Å². The van der Waals surface area contributed by atoms with Gasteiger partial charge in [0.25, 0.3) is 5.89 Å². The SMILES string of the molecule is Cc1ccc(-c2noc(-c3cccc(CNC(=O)OC(C)(C)C)c3)n2)cc1. The summed E-state index contributed by atoms with van der Waals surface area (Å²) in [6.07, 6.45) is -0.452. The molecule has 1 amide bonds. The van der Waals surface area contributed by atoms with Gasteiger partial charge in [0, 0.05) is 17.7 Å². The molecule has 1 N–H and O–H groups in total. The van der Waals surface area contributed by atoms with Crippen LogP contribution in [0.5, 0.6) is 0 Å². The van der Waals surface area contributed by atoms with Crippen molar-refractivity contribution in [3.8, 4) is 22.8 Å². The minimum absolute atomic E-state index is 0.349. The van der Waals surface area contributed by atoms with E-state index in [0.717, 1.165) is 16.7 Å². The Labute approximate surface area is 158 Å². The number of nitrogens with one attached hydrogen (secondary N) is 1. The van der Waals surface area contributed by atoms with Gasteiger partial charge in [-0.25, -0.2) is 4.79 Å². The molecule has 0 saturated carbocycles. The van der Waals surface area contributed by atoms with Crippen LogP contribution in [0.3, 0.4) is 0 Å². The Kier molecular flexibility index (Phi) is 5.26. The van der Waals surface area contributed by atoms with E-state index in [1.165, 1.54) is 5.56 Å². The standard InChI is InChI=1S/C21H23N3O3/c1-14-8-10-16(11-9-14)18-23-19(27-24-18)17-7-5-6-15(12-17)13-22-20(25)26-21(2,3)4/h5-12H,13H2,1-4H3,(H,22,25). The van der Waals surface area contributed by atoms with E-state index in [9.17, 15) is 4.79 Å². The molecule has 27 heavy (non-hydrogen) atoms. The van der Waals surface area contributed by atoms with Gasteiger partial charge in [-0.3, -0.25) is 0 Å². The first kappa shape index (κ1) is 18.6. The van der Waals surface area contributed by atoms with Crippen molar-refractivity contribution in [2.24, 2.45) is 0 Å². The zero-order valence-electron chi connectivity index (χ0n) is 15.9. The summed E-state index contributed by atoms with van der Waals surface area (Å²) in [7, 11) is 0.